The number of carbonyl (C=O) groups excluding carboxylic acids is 2. The van der Waals surface area contributed by atoms with E-state index < -0.39 is 29.5 Å². The highest BCUT2D eigenvalue weighted by molar-refractivity contribution is 5.96. The van der Waals surface area contributed by atoms with Crippen LogP contribution in [-0.2, 0) is 4.79 Å². The zero-order chi connectivity index (χ0) is 15.4. The van der Waals surface area contributed by atoms with Gasteiger partial charge < -0.3 is 9.73 Å². The molecular formula is C12H10F2N4O3. The van der Waals surface area contributed by atoms with Crippen molar-refractivity contribution in [2.75, 3.05) is 0 Å². The second-order valence-electron chi connectivity index (χ2n) is 3.95. The molecule has 1 heterocycles. The van der Waals surface area contributed by atoms with Crippen molar-refractivity contribution in [3.63, 3.8) is 0 Å². The van der Waals surface area contributed by atoms with Crippen LogP contribution in [0.25, 0.3) is 0 Å². The molecular weight excluding hydrogens is 286 g/mol. The summed E-state index contributed by atoms with van der Waals surface area (Å²) in [7, 11) is 0. The molecule has 0 bridgehead atoms. The van der Waals surface area contributed by atoms with Gasteiger partial charge in [-0.1, -0.05) is 6.07 Å². The number of oxazole rings is 1. The molecule has 0 fully saturated rings. The average Bonchev–Trinajstić information content (AvgIpc) is 2.98. The molecule has 7 nitrogen and oxygen atoms in total. The number of nitrogens with zero attached hydrogens (tertiary/aromatic N) is 1. The number of carbonyl (C=O) groups is 2. The molecule has 2 aromatic rings. The molecule has 2 rings (SSSR count). The van der Waals surface area contributed by atoms with Gasteiger partial charge in [-0.05, 0) is 6.07 Å². The monoisotopic (exact) mass is 296 g/mol. The largest absolute Gasteiger partial charge is 0.451 e. The fourth-order valence-electron chi connectivity index (χ4n) is 1.63. The molecule has 4 N–H and O–H groups in total. The van der Waals surface area contributed by atoms with E-state index in [-0.39, 0.29) is 11.3 Å². The van der Waals surface area contributed by atoms with E-state index in [0.717, 1.165) is 24.8 Å². The van der Waals surface area contributed by atoms with Crippen LogP contribution in [0.5, 0.6) is 0 Å². The van der Waals surface area contributed by atoms with E-state index in [1.807, 2.05) is 0 Å². The Balaban J connectivity index is 2.30. The third-order valence-corrected chi connectivity index (χ3v) is 2.62. The van der Waals surface area contributed by atoms with Gasteiger partial charge in [-0.2, -0.15) is 0 Å². The van der Waals surface area contributed by atoms with Crippen LogP contribution in [0.3, 0.4) is 0 Å². The normalized spacial score (nSPS) is 11.8. The lowest BCUT2D eigenvalue weighted by atomic mass is 10.1. The van der Waals surface area contributed by atoms with Crippen molar-refractivity contribution in [2.45, 2.75) is 6.04 Å². The molecule has 0 unspecified atom stereocenters. The maximum absolute atomic E-state index is 13.7. The van der Waals surface area contributed by atoms with Crippen molar-refractivity contribution in [3.05, 3.63) is 53.7 Å². The highest BCUT2D eigenvalue weighted by Crippen LogP contribution is 2.19. The van der Waals surface area contributed by atoms with Gasteiger partial charge in [-0.15, -0.1) is 0 Å². The van der Waals surface area contributed by atoms with Crippen molar-refractivity contribution in [2.24, 2.45) is 5.84 Å². The van der Waals surface area contributed by atoms with Crippen molar-refractivity contribution in [3.8, 4) is 0 Å². The first kappa shape index (κ1) is 14.6. The zero-order valence-corrected chi connectivity index (χ0v) is 10.5. The summed E-state index contributed by atoms with van der Waals surface area (Å²) in [5, 5.41) is 2.23. The van der Waals surface area contributed by atoms with Crippen LogP contribution in [0.2, 0.25) is 0 Å². The molecule has 21 heavy (non-hydrogen) atoms. The molecule has 0 aliphatic carbocycles. The molecule has 1 atom stereocenters. The smallest absolute Gasteiger partial charge is 0.274 e. The Morgan fingerprint density at radius 1 is 1.33 bits per heavy atom. The molecule has 2 amide bonds. The fraction of sp³-hybridized carbons (Fsp3) is 0.0833. The summed E-state index contributed by atoms with van der Waals surface area (Å²) >= 11 is 0. The number of amides is 2. The predicted octanol–water partition coefficient (Wildman–Crippen LogP) is 0.414. The minimum absolute atomic E-state index is 0.104. The van der Waals surface area contributed by atoms with Crippen LogP contribution in [-0.4, -0.2) is 16.8 Å². The lowest BCUT2D eigenvalue weighted by Crippen LogP contribution is -2.43. The summed E-state index contributed by atoms with van der Waals surface area (Å²) in [4.78, 5) is 27.1. The summed E-state index contributed by atoms with van der Waals surface area (Å²) < 4.78 is 31.3. The summed E-state index contributed by atoms with van der Waals surface area (Å²) in [6.07, 6.45) is 2.07. The Kier molecular flexibility index (Phi) is 4.24. The average molecular weight is 296 g/mol. The van der Waals surface area contributed by atoms with Crippen LogP contribution in [0.15, 0.2) is 35.3 Å². The molecule has 0 aliphatic rings. The second kappa shape index (κ2) is 6.09. The Labute approximate surface area is 117 Å². The lowest BCUT2D eigenvalue weighted by molar-refractivity contribution is -0.123. The third kappa shape index (κ3) is 3.20. The minimum Gasteiger partial charge on any atom is -0.451 e. The van der Waals surface area contributed by atoms with Gasteiger partial charge in [-0.25, -0.2) is 19.6 Å². The molecule has 0 saturated heterocycles. The standard InChI is InChI=1S/C12H10F2N4O3/c13-6-1-2-7(8(14)3-6)10(12(20)18-15)17-11(19)9-4-21-5-16-9/h1-5,10H,15H2,(H,17,19)(H,18,20)/t10-/m0/s1. The van der Waals surface area contributed by atoms with Gasteiger partial charge in [0.1, 0.15) is 23.9 Å². The van der Waals surface area contributed by atoms with Gasteiger partial charge in [0, 0.05) is 11.6 Å². The van der Waals surface area contributed by atoms with E-state index in [9.17, 15) is 18.4 Å². The van der Waals surface area contributed by atoms with Gasteiger partial charge in [-0.3, -0.25) is 15.0 Å². The first-order valence-electron chi connectivity index (χ1n) is 5.67. The Morgan fingerprint density at radius 2 is 2.10 bits per heavy atom. The number of hydrazine groups is 1. The van der Waals surface area contributed by atoms with E-state index in [1.165, 1.54) is 0 Å². The van der Waals surface area contributed by atoms with E-state index in [4.69, 9.17) is 5.84 Å². The highest BCUT2D eigenvalue weighted by Gasteiger charge is 2.26. The van der Waals surface area contributed by atoms with Crippen LogP contribution in [0.4, 0.5) is 8.78 Å². The zero-order valence-electron chi connectivity index (χ0n) is 10.5. The number of rotatable bonds is 4. The minimum atomic E-state index is -1.44. The van der Waals surface area contributed by atoms with E-state index in [1.54, 1.807) is 5.43 Å². The maximum atomic E-state index is 13.7. The van der Waals surface area contributed by atoms with Gasteiger partial charge in [0.15, 0.2) is 12.1 Å². The predicted molar refractivity (Wildman–Crippen MR) is 65.4 cm³/mol. The Hall–Kier alpha value is -2.81. The van der Waals surface area contributed by atoms with E-state index in [2.05, 4.69) is 14.7 Å². The molecule has 9 heteroatoms. The molecule has 0 radical (unpaired) electrons. The fourth-order valence-corrected chi connectivity index (χ4v) is 1.63. The number of aromatic nitrogens is 1. The van der Waals surface area contributed by atoms with Crippen LogP contribution >= 0.6 is 0 Å². The van der Waals surface area contributed by atoms with Crippen molar-refractivity contribution >= 4 is 11.8 Å². The van der Waals surface area contributed by atoms with Crippen LogP contribution < -0.4 is 16.6 Å². The Morgan fingerprint density at radius 3 is 2.67 bits per heavy atom. The van der Waals surface area contributed by atoms with Gasteiger partial charge in [0.25, 0.3) is 11.8 Å². The number of halogens is 2. The van der Waals surface area contributed by atoms with Crippen molar-refractivity contribution < 1.29 is 22.8 Å². The summed E-state index contributed by atoms with van der Waals surface area (Å²) in [5.74, 6) is 1.54. The second-order valence-corrected chi connectivity index (χ2v) is 3.95. The number of nitrogens with two attached hydrogens (primary N) is 1. The quantitative estimate of drug-likeness (QED) is 0.430. The first-order chi connectivity index (χ1) is 10.0. The van der Waals surface area contributed by atoms with Gasteiger partial charge in [0.05, 0.1) is 0 Å². The van der Waals surface area contributed by atoms with Crippen LogP contribution in [0.1, 0.15) is 22.1 Å². The van der Waals surface area contributed by atoms with E-state index >= 15 is 0 Å². The maximum Gasteiger partial charge on any atom is 0.274 e. The molecule has 110 valence electrons. The highest BCUT2D eigenvalue weighted by atomic mass is 19.1. The summed E-state index contributed by atoms with van der Waals surface area (Å²) in [6, 6.07) is 1.14. The van der Waals surface area contributed by atoms with Gasteiger partial charge >= 0.3 is 0 Å². The van der Waals surface area contributed by atoms with Gasteiger partial charge in [0.2, 0.25) is 0 Å². The molecule has 0 saturated carbocycles. The van der Waals surface area contributed by atoms with E-state index in [0.29, 0.717) is 6.07 Å². The molecule has 0 aliphatic heterocycles. The lowest BCUT2D eigenvalue weighted by Gasteiger charge is -2.17. The molecule has 1 aromatic heterocycles. The Bertz CT molecular complexity index is 661. The topological polar surface area (TPSA) is 110 Å². The number of hydrogen-bond donors (Lipinski definition) is 3. The third-order valence-electron chi connectivity index (χ3n) is 2.62. The van der Waals surface area contributed by atoms with Crippen LogP contribution in [0, 0.1) is 11.6 Å². The first-order valence-corrected chi connectivity index (χ1v) is 5.67. The summed E-state index contributed by atoms with van der Waals surface area (Å²) in [6.45, 7) is 0. The van der Waals surface area contributed by atoms with Crippen molar-refractivity contribution in [1.82, 2.24) is 15.7 Å². The van der Waals surface area contributed by atoms with Crippen molar-refractivity contribution in [1.29, 1.82) is 0 Å². The molecule has 0 spiro atoms. The summed E-state index contributed by atoms with van der Waals surface area (Å²) in [5.41, 5.74) is 1.45. The number of benzene rings is 1. The number of hydrogen-bond acceptors (Lipinski definition) is 5. The molecule has 1 aromatic carbocycles. The SMILES string of the molecule is NNC(=O)[C@@H](NC(=O)c1cocn1)c1ccc(F)cc1F. The number of nitrogens with one attached hydrogen (secondary N) is 2.